The van der Waals surface area contributed by atoms with Gasteiger partial charge in [0.05, 0.1) is 5.39 Å². The van der Waals surface area contributed by atoms with Gasteiger partial charge >= 0.3 is 0 Å². The number of nitrogens with one attached hydrogen (secondary N) is 1. The fraction of sp³-hybridized carbons (Fsp3) is 0.0952. The number of thiophene rings is 1. The number of thioether (sulfide) groups is 1. The third-order valence-electron chi connectivity index (χ3n) is 4.24. The highest BCUT2D eigenvalue weighted by Crippen LogP contribution is 2.23. The lowest BCUT2D eigenvalue weighted by Crippen LogP contribution is -2.35. The van der Waals surface area contributed by atoms with Crippen LogP contribution in [-0.2, 0) is 5.75 Å². The van der Waals surface area contributed by atoms with Gasteiger partial charge in [-0.15, -0.1) is 23.1 Å². The van der Waals surface area contributed by atoms with Crippen LogP contribution in [0.25, 0.3) is 10.2 Å². The summed E-state index contributed by atoms with van der Waals surface area (Å²) in [5.41, 5.74) is 4.12. The summed E-state index contributed by atoms with van der Waals surface area (Å²) in [6, 6.07) is 19.3. The lowest BCUT2D eigenvalue weighted by atomic mass is 10.2. The molecule has 0 bridgehead atoms. The van der Waals surface area contributed by atoms with E-state index < -0.39 is 0 Å². The van der Waals surface area contributed by atoms with Crippen LogP contribution in [0.5, 0.6) is 0 Å². The number of carbonyl (C=O) groups is 1. The number of nitrogens with zero attached hydrogens (tertiary/aromatic N) is 2. The molecular weight excluding hydrogens is 390 g/mol. The Bertz CT molecular complexity index is 1180. The number of carbonyl (C=O) groups excluding carboxylic acids is 1. The van der Waals surface area contributed by atoms with Crippen LogP contribution >= 0.6 is 23.1 Å². The van der Waals surface area contributed by atoms with Gasteiger partial charge in [-0.25, -0.2) is 9.66 Å². The van der Waals surface area contributed by atoms with Crippen molar-refractivity contribution in [1.29, 1.82) is 0 Å². The normalized spacial score (nSPS) is 10.9. The fourth-order valence-corrected chi connectivity index (χ4v) is 4.41. The number of hydrogen-bond acceptors (Lipinski definition) is 5. The first-order valence-electron chi connectivity index (χ1n) is 8.67. The summed E-state index contributed by atoms with van der Waals surface area (Å²) in [7, 11) is 0. The Morgan fingerprint density at radius 1 is 1.11 bits per heavy atom. The first kappa shape index (κ1) is 18.5. The van der Waals surface area contributed by atoms with E-state index in [1.165, 1.54) is 21.6 Å². The first-order chi connectivity index (χ1) is 13.6. The number of aromatic nitrogens is 2. The van der Waals surface area contributed by atoms with Gasteiger partial charge in [0.25, 0.3) is 11.5 Å². The molecule has 140 valence electrons. The Kier molecular flexibility index (Phi) is 5.27. The standard InChI is InChI=1S/C21H17N3O2S2/c1-14-22-20-18(11-12-27-20)21(26)24(14)23-19(25)16-7-9-17(10-8-16)28-13-15-5-3-2-4-6-15/h2-12H,13H2,1H3,(H,23,25). The highest BCUT2D eigenvalue weighted by Gasteiger charge is 2.13. The number of amides is 1. The minimum Gasteiger partial charge on any atom is -0.267 e. The topological polar surface area (TPSA) is 64.0 Å². The van der Waals surface area contributed by atoms with Crippen molar-refractivity contribution in [2.45, 2.75) is 17.6 Å². The summed E-state index contributed by atoms with van der Waals surface area (Å²) in [5.74, 6) is 0.970. The van der Waals surface area contributed by atoms with Gasteiger partial charge in [-0.05, 0) is 48.2 Å². The third kappa shape index (κ3) is 3.85. The lowest BCUT2D eigenvalue weighted by molar-refractivity contribution is 0.101. The predicted molar refractivity (Wildman–Crippen MR) is 115 cm³/mol. The molecule has 28 heavy (non-hydrogen) atoms. The molecule has 7 heteroatoms. The Balaban J connectivity index is 1.47. The number of aryl methyl sites for hydroxylation is 1. The maximum Gasteiger partial charge on any atom is 0.281 e. The molecule has 0 aliphatic heterocycles. The van der Waals surface area contributed by atoms with Gasteiger partial charge in [0.1, 0.15) is 10.7 Å². The van der Waals surface area contributed by atoms with E-state index in [0.717, 1.165) is 10.6 Å². The van der Waals surface area contributed by atoms with Crippen molar-refractivity contribution in [2.75, 3.05) is 5.43 Å². The fourth-order valence-electron chi connectivity index (χ4n) is 2.76. The number of rotatable bonds is 5. The van der Waals surface area contributed by atoms with E-state index in [2.05, 4.69) is 22.5 Å². The Morgan fingerprint density at radius 2 is 1.86 bits per heavy atom. The molecular formula is C21H17N3O2S2. The van der Waals surface area contributed by atoms with Crippen LogP contribution in [-0.4, -0.2) is 15.6 Å². The second-order valence-corrected chi connectivity index (χ2v) is 8.12. The van der Waals surface area contributed by atoms with Gasteiger partial charge in [-0.1, -0.05) is 30.3 Å². The van der Waals surface area contributed by atoms with E-state index in [1.54, 1.807) is 36.9 Å². The summed E-state index contributed by atoms with van der Waals surface area (Å²) in [5, 5.41) is 2.32. The zero-order chi connectivity index (χ0) is 19.5. The molecule has 0 unspecified atom stereocenters. The second kappa shape index (κ2) is 8.00. The monoisotopic (exact) mass is 407 g/mol. The average molecular weight is 408 g/mol. The SMILES string of the molecule is Cc1nc2sccc2c(=O)n1NC(=O)c1ccc(SCc2ccccc2)cc1. The number of benzene rings is 2. The van der Waals surface area contributed by atoms with E-state index >= 15 is 0 Å². The van der Waals surface area contributed by atoms with Crippen molar-refractivity contribution in [3.8, 4) is 0 Å². The zero-order valence-corrected chi connectivity index (χ0v) is 16.7. The molecule has 5 nitrogen and oxygen atoms in total. The molecule has 0 spiro atoms. The minimum absolute atomic E-state index is 0.271. The highest BCUT2D eigenvalue weighted by molar-refractivity contribution is 7.98. The molecule has 0 radical (unpaired) electrons. The molecule has 0 aliphatic rings. The Labute approximate surface area is 170 Å². The van der Waals surface area contributed by atoms with Crippen molar-refractivity contribution in [3.63, 3.8) is 0 Å². The molecule has 1 amide bonds. The maximum atomic E-state index is 12.6. The summed E-state index contributed by atoms with van der Waals surface area (Å²) < 4.78 is 1.20. The van der Waals surface area contributed by atoms with Crippen LogP contribution in [0.15, 0.2) is 75.7 Å². The van der Waals surface area contributed by atoms with E-state index in [0.29, 0.717) is 21.6 Å². The summed E-state index contributed by atoms with van der Waals surface area (Å²) in [4.78, 5) is 31.3. The van der Waals surface area contributed by atoms with Crippen molar-refractivity contribution in [3.05, 3.63) is 93.3 Å². The average Bonchev–Trinajstić information content (AvgIpc) is 3.19. The quantitative estimate of drug-likeness (QED) is 0.497. The van der Waals surface area contributed by atoms with E-state index in [1.807, 2.05) is 35.7 Å². The smallest absolute Gasteiger partial charge is 0.267 e. The molecule has 0 fully saturated rings. The first-order valence-corrected chi connectivity index (χ1v) is 10.5. The van der Waals surface area contributed by atoms with Gasteiger partial charge < -0.3 is 0 Å². The van der Waals surface area contributed by atoms with Crippen LogP contribution in [0.3, 0.4) is 0 Å². The van der Waals surface area contributed by atoms with E-state index in [9.17, 15) is 9.59 Å². The third-order valence-corrected chi connectivity index (χ3v) is 6.13. The Hall–Kier alpha value is -2.90. The molecule has 0 saturated carbocycles. The molecule has 4 aromatic rings. The molecule has 2 aromatic heterocycles. The van der Waals surface area contributed by atoms with Crippen LogP contribution < -0.4 is 11.0 Å². The maximum absolute atomic E-state index is 12.6. The van der Waals surface area contributed by atoms with E-state index in [-0.39, 0.29) is 11.5 Å². The van der Waals surface area contributed by atoms with Crippen molar-refractivity contribution < 1.29 is 4.79 Å². The van der Waals surface area contributed by atoms with Gasteiger partial charge in [0, 0.05) is 16.2 Å². The minimum atomic E-state index is -0.346. The zero-order valence-electron chi connectivity index (χ0n) is 15.1. The summed E-state index contributed by atoms with van der Waals surface area (Å²) in [6.45, 7) is 1.70. The van der Waals surface area contributed by atoms with Gasteiger partial charge in [0.15, 0.2) is 0 Å². The van der Waals surface area contributed by atoms with Gasteiger partial charge in [-0.3, -0.25) is 15.0 Å². The highest BCUT2D eigenvalue weighted by atomic mass is 32.2. The van der Waals surface area contributed by atoms with Crippen LogP contribution in [0.2, 0.25) is 0 Å². The van der Waals surface area contributed by atoms with E-state index in [4.69, 9.17) is 0 Å². The number of fused-ring (bicyclic) bond motifs is 1. The molecule has 0 aliphatic carbocycles. The van der Waals surface area contributed by atoms with Crippen LogP contribution in [0, 0.1) is 6.92 Å². The largest absolute Gasteiger partial charge is 0.281 e. The van der Waals surface area contributed by atoms with Gasteiger partial charge in [0.2, 0.25) is 0 Å². The molecule has 4 rings (SSSR count). The second-order valence-electron chi connectivity index (χ2n) is 6.18. The van der Waals surface area contributed by atoms with Crippen LogP contribution in [0.1, 0.15) is 21.7 Å². The molecule has 0 atom stereocenters. The molecule has 0 saturated heterocycles. The molecule has 2 aromatic carbocycles. The van der Waals surface area contributed by atoms with Gasteiger partial charge in [-0.2, -0.15) is 0 Å². The van der Waals surface area contributed by atoms with Crippen LogP contribution in [0.4, 0.5) is 0 Å². The number of hydrogen-bond donors (Lipinski definition) is 1. The lowest BCUT2D eigenvalue weighted by Gasteiger charge is -2.11. The summed E-state index contributed by atoms with van der Waals surface area (Å²) in [6.07, 6.45) is 0. The Morgan fingerprint density at radius 3 is 2.61 bits per heavy atom. The van der Waals surface area contributed by atoms with Crippen molar-refractivity contribution in [1.82, 2.24) is 9.66 Å². The van der Waals surface area contributed by atoms with Crippen molar-refractivity contribution in [2.24, 2.45) is 0 Å². The molecule has 1 N–H and O–H groups in total. The van der Waals surface area contributed by atoms with Crippen molar-refractivity contribution >= 4 is 39.2 Å². The predicted octanol–water partition coefficient (Wildman–Crippen LogP) is 4.44. The summed E-state index contributed by atoms with van der Waals surface area (Å²) >= 11 is 3.11. The molecule has 2 heterocycles.